The molecule has 0 amide bonds. The molecule has 1 atom stereocenters. The van der Waals surface area contributed by atoms with Crippen LogP contribution in [0.5, 0.6) is 5.75 Å². The average molecular weight is 519 g/mol. The van der Waals surface area contributed by atoms with E-state index in [9.17, 15) is 0 Å². The molecule has 2 aromatic carbocycles. The number of benzene rings is 2. The molecule has 1 aliphatic heterocycles. The van der Waals surface area contributed by atoms with Crippen LogP contribution in [0, 0.1) is 11.3 Å². The number of ether oxygens (including phenoxy) is 1. The summed E-state index contributed by atoms with van der Waals surface area (Å²) in [4.78, 5) is 6.89. The van der Waals surface area contributed by atoms with E-state index in [1.807, 2.05) is 36.4 Å². The van der Waals surface area contributed by atoms with Crippen LogP contribution in [-0.2, 0) is 6.54 Å². The SMILES string of the molecule is CN=C(NCc1ccc(C#N)cc1)NCC(c1ccc(OC)cc1)N1CCCC1.I. The molecule has 7 heteroatoms. The number of methoxy groups -OCH3 is 1. The summed E-state index contributed by atoms with van der Waals surface area (Å²) in [6, 6.07) is 18.4. The van der Waals surface area contributed by atoms with E-state index >= 15 is 0 Å². The van der Waals surface area contributed by atoms with Crippen molar-refractivity contribution in [3.8, 4) is 11.8 Å². The first kappa shape index (κ1) is 24.0. The van der Waals surface area contributed by atoms with Gasteiger partial charge in [0.05, 0.1) is 24.8 Å². The average Bonchev–Trinajstić information content (AvgIpc) is 3.31. The number of nitriles is 1. The standard InChI is InChI=1S/C23H29N5O.HI/c1-25-23(26-16-19-7-5-18(15-24)6-8-19)27-17-22(28-13-3-4-14-28)20-9-11-21(29-2)12-10-20;/h5-12,22H,3-4,13-14,16-17H2,1-2H3,(H2,25,26,27);1H. The van der Waals surface area contributed by atoms with Gasteiger partial charge in [0.15, 0.2) is 5.96 Å². The van der Waals surface area contributed by atoms with E-state index in [1.54, 1.807) is 14.2 Å². The van der Waals surface area contributed by atoms with Crippen molar-refractivity contribution in [1.29, 1.82) is 5.26 Å². The Morgan fingerprint density at radius 2 is 1.77 bits per heavy atom. The van der Waals surface area contributed by atoms with Crippen LogP contribution in [0.2, 0.25) is 0 Å². The van der Waals surface area contributed by atoms with Crippen LogP contribution in [0.25, 0.3) is 0 Å². The highest BCUT2D eigenvalue weighted by Gasteiger charge is 2.23. The molecule has 1 unspecified atom stereocenters. The topological polar surface area (TPSA) is 72.7 Å². The molecule has 1 heterocycles. The van der Waals surface area contributed by atoms with Gasteiger partial charge in [-0.25, -0.2) is 0 Å². The minimum atomic E-state index is 0. The monoisotopic (exact) mass is 519 g/mol. The van der Waals surface area contributed by atoms with E-state index in [4.69, 9.17) is 10.00 Å². The molecular weight excluding hydrogens is 489 g/mol. The van der Waals surface area contributed by atoms with Gasteiger partial charge in [0, 0.05) is 20.1 Å². The van der Waals surface area contributed by atoms with Gasteiger partial charge in [-0.05, 0) is 61.3 Å². The summed E-state index contributed by atoms with van der Waals surface area (Å²) in [5.74, 6) is 1.65. The fraction of sp³-hybridized carbons (Fsp3) is 0.391. The summed E-state index contributed by atoms with van der Waals surface area (Å²) in [7, 11) is 3.48. The largest absolute Gasteiger partial charge is 0.497 e. The van der Waals surface area contributed by atoms with Crippen LogP contribution >= 0.6 is 24.0 Å². The molecule has 160 valence electrons. The fourth-order valence-corrected chi connectivity index (χ4v) is 3.63. The second-order valence-electron chi connectivity index (χ2n) is 7.15. The Labute approximate surface area is 196 Å². The molecule has 2 N–H and O–H groups in total. The molecule has 1 fully saturated rings. The zero-order valence-electron chi connectivity index (χ0n) is 17.6. The van der Waals surface area contributed by atoms with Crippen LogP contribution in [0.1, 0.15) is 35.6 Å². The number of hydrogen-bond donors (Lipinski definition) is 2. The molecule has 6 nitrogen and oxygen atoms in total. The lowest BCUT2D eigenvalue weighted by Gasteiger charge is -2.29. The second-order valence-corrected chi connectivity index (χ2v) is 7.15. The predicted octanol–water partition coefficient (Wildman–Crippen LogP) is 3.69. The van der Waals surface area contributed by atoms with E-state index in [0.29, 0.717) is 12.1 Å². The van der Waals surface area contributed by atoms with Crippen molar-refractivity contribution in [2.75, 3.05) is 33.8 Å². The van der Waals surface area contributed by atoms with Crippen molar-refractivity contribution in [3.63, 3.8) is 0 Å². The lowest BCUT2D eigenvalue weighted by Crippen LogP contribution is -2.42. The minimum absolute atomic E-state index is 0. The summed E-state index contributed by atoms with van der Waals surface area (Å²) in [5.41, 5.74) is 3.06. The molecule has 0 aromatic heterocycles. The number of likely N-dealkylation sites (tertiary alicyclic amines) is 1. The number of hydrogen-bond acceptors (Lipinski definition) is 4. The maximum Gasteiger partial charge on any atom is 0.191 e. The number of nitrogens with one attached hydrogen (secondary N) is 2. The lowest BCUT2D eigenvalue weighted by atomic mass is 10.1. The van der Waals surface area contributed by atoms with Crippen LogP contribution in [0.15, 0.2) is 53.5 Å². The molecule has 0 saturated carbocycles. The van der Waals surface area contributed by atoms with E-state index in [1.165, 1.54) is 18.4 Å². The van der Waals surface area contributed by atoms with Crippen molar-refractivity contribution in [2.24, 2.45) is 4.99 Å². The van der Waals surface area contributed by atoms with Crippen molar-refractivity contribution in [2.45, 2.75) is 25.4 Å². The Hall–Kier alpha value is -2.31. The molecule has 1 saturated heterocycles. The van der Waals surface area contributed by atoms with Gasteiger partial charge in [-0.1, -0.05) is 24.3 Å². The van der Waals surface area contributed by atoms with Crippen molar-refractivity contribution >= 4 is 29.9 Å². The summed E-state index contributed by atoms with van der Waals surface area (Å²) >= 11 is 0. The van der Waals surface area contributed by atoms with Gasteiger partial charge in [-0.15, -0.1) is 24.0 Å². The number of aliphatic imine (C=N–C) groups is 1. The van der Waals surface area contributed by atoms with Gasteiger partial charge in [0.25, 0.3) is 0 Å². The number of guanidine groups is 1. The van der Waals surface area contributed by atoms with Crippen molar-refractivity contribution in [1.82, 2.24) is 15.5 Å². The highest BCUT2D eigenvalue weighted by molar-refractivity contribution is 14.0. The van der Waals surface area contributed by atoms with Crippen molar-refractivity contribution < 1.29 is 4.74 Å². The third-order valence-electron chi connectivity index (χ3n) is 5.31. The maximum atomic E-state index is 8.91. The van der Waals surface area contributed by atoms with E-state index < -0.39 is 0 Å². The van der Waals surface area contributed by atoms with E-state index in [2.05, 4.69) is 38.7 Å². The highest BCUT2D eigenvalue weighted by atomic mass is 127. The Morgan fingerprint density at radius 3 is 2.33 bits per heavy atom. The van der Waals surface area contributed by atoms with E-state index in [-0.39, 0.29) is 30.0 Å². The van der Waals surface area contributed by atoms with Gasteiger partial charge in [0.2, 0.25) is 0 Å². The predicted molar refractivity (Wildman–Crippen MR) is 131 cm³/mol. The smallest absolute Gasteiger partial charge is 0.191 e. The Morgan fingerprint density at radius 1 is 1.10 bits per heavy atom. The third kappa shape index (κ3) is 6.61. The molecule has 0 bridgehead atoms. The quantitative estimate of drug-likeness (QED) is 0.332. The Kier molecular flexibility index (Phi) is 9.91. The number of rotatable bonds is 7. The first-order chi connectivity index (χ1) is 14.2. The fourth-order valence-electron chi connectivity index (χ4n) is 3.63. The van der Waals surface area contributed by atoms with Crippen LogP contribution in [0.3, 0.4) is 0 Å². The summed E-state index contributed by atoms with van der Waals surface area (Å²) in [6.07, 6.45) is 2.50. The Bertz CT molecular complexity index is 839. The third-order valence-corrected chi connectivity index (χ3v) is 5.31. The Balaban J connectivity index is 0.00000320. The molecule has 1 aliphatic rings. The van der Waals surface area contributed by atoms with Gasteiger partial charge in [0.1, 0.15) is 5.75 Å². The zero-order chi connectivity index (χ0) is 20.5. The minimum Gasteiger partial charge on any atom is -0.497 e. The highest BCUT2D eigenvalue weighted by Crippen LogP contribution is 2.26. The number of nitrogens with zero attached hydrogens (tertiary/aromatic N) is 3. The van der Waals surface area contributed by atoms with Crippen LogP contribution in [-0.4, -0.2) is 44.7 Å². The molecule has 2 aromatic rings. The van der Waals surface area contributed by atoms with Gasteiger partial charge in [-0.2, -0.15) is 5.26 Å². The summed E-state index contributed by atoms with van der Waals surface area (Å²) in [5, 5.41) is 15.8. The first-order valence-corrected chi connectivity index (χ1v) is 10.0. The molecule has 0 radical (unpaired) electrons. The number of halogens is 1. The molecular formula is C23H30IN5O. The van der Waals surface area contributed by atoms with Crippen LogP contribution < -0.4 is 15.4 Å². The lowest BCUT2D eigenvalue weighted by molar-refractivity contribution is 0.245. The molecule has 3 rings (SSSR count). The normalized spacial score (nSPS) is 15.0. The molecule has 0 spiro atoms. The van der Waals surface area contributed by atoms with Gasteiger partial charge in [-0.3, -0.25) is 9.89 Å². The van der Waals surface area contributed by atoms with Gasteiger partial charge < -0.3 is 15.4 Å². The van der Waals surface area contributed by atoms with Gasteiger partial charge >= 0.3 is 0 Å². The molecule has 0 aliphatic carbocycles. The maximum absolute atomic E-state index is 8.91. The van der Waals surface area contributed by atoms with Crippen molar-refractivity contribution in [3.05, 3.63) is 65.2 Å². The van der Waals surface area contributed by atoms with Crippen LogP contribution in [0.4, 0.5) is 0 Å². The zero-order valence-corrected chi connectivity index (χ0v) is 19.9. The first-order valence-electron chi connectivity index (χ1n) is 10.0. The second kappa shape index (κ2) is 12.4. The summed E-state index contributed by atoms with van der Waals surface area (Å²) < 4.78 is 5.30. The van der Waals surface area contributed by atoms with E-state index in [0.717, 1.165) is 36.9 Å². The summed E-state index contributed by atoms with van der Waals surface area (Å²) in [6.45, 7) is 3.67. The molecule has 30 heavy (non-hydrogen) atoms.